The highest BCUT2D eigenvalue weighted by Crippen LogP contribution is 2.18. The maximum Gasteiger partial charge on any atom is 0.315 e. The first kappa shape index (κ1) is 13.2. The quantitative estimate of drug-likeness (QED) is 0.780. The molecule has 16 heavy (non-hydrogen) atoms. The predicted molar refractivity (Wildman–Crippen MR) is 61.4 cm³/mol. The van der Waals surface area contributed by atoms with Crippen LogP contribution >= 0.6 is 11.6 Å². The van der Waals surface area contributed by atoms with E-state index in [1.807, 2.05) is 0 Å². The molecule has 0 aromatic carbocycles. The highest BCUT2D eigenvalue weighted by molar-refractivity contribution is 7.91. The number of nitrogens with one attached hydrogen (secondary N) is 1. The number of hydrogen-bond acceptors (Lipinski definition) is 6. The van der Waals surface area contributed by atoms with E-state index in [1.54, 1.807) is 13.8 Å². The van der Waals surface area contributed by atoms with Crippen LogP contribution in [0.15, 0.2) is 4.42 Å². The predicted octanol–water partition coefficient (Wildman–Crippen LogP) is 1.22. The molecule has 0 saturated carbocycles. The second kappa shape index (κ2) is 5.49. The van der Waals surface area contributed by atoms with Gasteiger partial charge in [-0.25, -0.2) is 8.42 Å². The number of nitrogens with zero attached hydrogens (tertiary/aromatic N) is 2. The number of sulfone groups is 1. The monoisotopic (exact) mass is 267 g/mol. The molecule has 6 nitrogen and oxygen atoms in total. The Balaban J connectivity index is 2.43. The standard InChI is InChI=1S/C8H14ClN3O3S/c1-3-16(13,14)5-4-10-8-12-11-7(15-8)6(2)9/h6H,3-5H2,1-2H3,(H,10,12). The van der Waals surface area contributed by atoms with Crippen molar-refractivity contribution in [1.29, 1.82) is 0 Å². The van der Waals surface area contributed by atoms with Crippen molar-refractivity contribution in [3.8, 4) is 0 Å². The molecule has 0 radical (unpaired) electrons. The first-order valence-electron chi connectivity index (χ1n) is 4.86. The van der Waals surface area contributed by atoms with E-state index in [0.29, 0.717) is 5.89 Å². The first-order valence-corrected chi connectivity index (χ1v) is 7.12. The van der Waals surface area contributed by atoms with Crippen LogP contribution in [0.4, 0.5) is 6.01 Å². The molecule has 0 amide bonds. The van der Waals surface area contributed by atoms with Crippen LogP contribution < -0.4 is 5.32 Å². The fourth-order valence-corrected chi connectivity index (χ4v) is 1.71. The Morgan fingerprint density at radius 2 is 2.19 bits per heavy atom. The number of anilines is 1. The van der Waals surface area contributed by atoms with E-state index in [4.69, 9.17) is 16.0 Å². The minimum Gasteiger partial charge on any atom is -0.407 e. The SMILES string of the molecule is CCS(=O)(=O)CCNc1nnc(C(C)Cl)o1. The molecule has 1 aromatic heterocycles. The van der Waals surface area contributed by atoms with E-state index in [-0.39, 0.29) is 29.4 Å². The molecule has 0 aliphatic carbocycles. The molecular formula is C8H14ClN3O3S. The van der Waals surface area contributed by atoms with Crippen LogP contribution in [0.25, 0.3) is 0 Å². The lowest BCUT2D eigenvalue weighted by Crippen LogP contribution is -2.17. The lowest BCUT2D eigenvalue weighted by Gasteiger charge is -2.01. The normalized spacial score (nSPS) is 13.7. The van der Waals surface area contributed by atoms with Gasteiger partial charge in [0.2, 0.25) is 5.89 Å². The van der Waals surface area contributed by atoms with E-state index < -0.39 is 9.84 Å². The second-order valence-corrected chi connectivity index (χ2v) is 6.35. The highest BCUT2D eigenvalue weighted by atomic mass is 35.5. The smallest absolute Gasteiger partial charge is 0.315 e. The van der Waals surface area contributed by atoms with Gasteiger partial charge >= 0.3 is 6.01 Å². The van der Waals surface area contributed by atoms with Crippen molar-refractivity contribution < 1.29 is 12.8 Å². The summed E-state index contributed by atoms with van der Waals surface area (Å²) in [6, 6.07) is 0.189. The number of rotatable bonds is 6. The molecule has 1 unspecified atom stereocenters. The Bertz CT molecular complexity index is 429. The van der Waals surface area contributed by atoms with E-state index in [1.165, 1.54) is 0 Å². The van der Waals surface area contributed by atoms with Gasteiger partial charge in [0.15, 0.2) is 9.84 Å². The van der Waals surface area contributed by atoms with Gasteiger partial charge in [0.05, 0.1) is 5.75 Å². The summed E-state index contributed by atoms with van der Waals surface area (Å²) in [4.78, 5) is 0. The Morgan fingerprint density at radius 3 is 2.69 bits per heavy atom. The highest BCUT2D eigenvalue weighted by Gasteiger charge is 2.12. The van der Waals surface area contributed by atoms with Crippen LogP contribution in [-0.2, 0) is 9.84 Å². The molecule has 0 bridgehead atoms. The van der Waals surface area contributed by atoms with Gasteiger partial charge in [0.25, 0.3) is 0 Å². The van der Waals surface area contributed by atoms with Crippen molar-refractivity contribution in [2.45, 2.75) is 19.2 Å². The van der Waals surface area contributed by atoms with E-state index >= 15 is 0 Å². The van der Waals surface area contributed by atoms with Crippen molar-refractivity contribution in [2.75, 3.05) is 23.4 Å². The third-order valence-electron chi connectivity index (χ3n) is 1.91. The Morgan fingerprint density at radius 1 is 1.50 bits per heavy atom. The van der Waals surface area contributed by atoms with Gasteiger partial charge in [-0.05, 0) is 6.92 Å². The number of halogens is 1. The minimum atomic E-state index is -2.98. The average Bonchev–Trinajstić information content (AvgIpc) is 2.66. The number of aromatic nitrogens is 2. The summed E-state index contributed by atoms with van der Waals surface area (Å²) >= 11 is 5.73. The fourth-order valence-electron chi connectivity index (χ4n) is 0.925. The Labute approximate surface area is 99.3 Å². The Kier molecular flexibility index (Phi) is 4.55. The van der Waals surface area contributed by atoms with E-state index in [0.717, 1.165) is 0 Å². The van der Waals surface area contributed by atoms with Crippen LogP contribution in [0.3, 0.4) is 0 Å². The molecule has 8 heteroatoms. The lowest BCUT2D eigenvalue weighted by atomic mass is 10.5. The first-order chi connectivity index (χ1) is 7.44. The topological polar surface area (TPSA) is 85.1 Å². The zero-order valence-corrected chi connectivity index (χ0v) is 10.7. The second-order valence-electron chi connectivity index (χ2n) is 3.22. The van der Waals surface area contributed by atoms with Crippen LogP contribution in [0.2, 0.25) is 0 Å². The van der Waals surface area contributed by atoms with Crippen molar-refractivity contribution in [3.05, 3.63) is 5.89 Å². The molecule has 0 spiro atoms. The van der Waals surface area contributed by atoms with E-state index in [2.05, 4.69) is 15.5 Å². The summed E-state index contributed by atoms with van der Waals surface area (Å²) in [6.45, 7) is 3.56. The summed E-state index contributed by atoms with van der Waals surface area (Å²) in [5, 5.41) is 9.74. The van der Waals surface area contributed by atoms with Gasteiger partial charge in [-0.1, -0.05) is 12.0 Å². The number of hydrogen-bond donors (Lipinski definition) is 1. The molecular weight excluding hydrogens is 254 g/mol. The minimum absolute atomic E-state index is 0.0393. The largest absolute Gasteiger partial charge is 0.407 e. The van der Waals surface area contributed by atoms with Crippen molar-refractivity contribution in [1.82, 2.24) is 10.2 Å². The summed E-state index contributed by atoms with van der Waals surface area (Å²) in [5.74, 6) is 0.475. The molecule has 0 saturated heterocycles. The van der Waals surface area contributed by atoms with E-state index in [9.17, 15) is 8.42 Å². The molecule has 0 fully saturated rings. The third-order valence-corrected chi connectivity index (χ3v) is 3.80. The Hall–Kier alpha value is -0.820. The van der Waals surface area contributed by atoms with Gasteiger partial charge < -0.3 is 9.73 Å². The van der Waals surface area contributed by atoms with Crippen molar-refractivity contribution in [3.63, 3.8) is 0 Å². The molecule has 1 heterocycles. The van der Waals surface area contributed by atoms with Crippen LogP contribution in [0.5, 0.6) is 0 Å². The van der Waals surface area contributed by atoms with Gasteiger partial charge in [-0.3, -0.25) is 0 Å². The molecule has 1 N–H and O–H groups in total. The van der Waals surface area contributed by atoms with Crippen LogP contribution in [-0.4, -0.2) is 36.7 Å². The summed E-state index contributed by atoms with van der Waals surface area (Å²) in [5.41, 5.74) is 0. The molecule has 0 aliphatic heterocycles. The van der Waals surface area contributed by atoms with Crippen LogP contribution in [0.1, 0.15) is 25.1 Å². The summed E-state index contributed by atoms with van der Waals surface area (Å²) in [6.07, 6.45) is 0. The van der Waals surface area contributed by atoms with Crippen molar-refractivity contribution in [2.24, 2.45) is 0 Å². The molecule has 1 atom stereocenters. The van der Waals surface area contributed by atoms with Gasteiger partial charge in [-0.15, -0.1) is 16.7 Å². The zero-order valence-electron chi connectivity index (χ0n) is 9.10. The van der Waals surface area contributed by atoms with Crippen LogP contribution in [0, 0.1) is 0 Å². The number of alkyl halides is 1. The molecule has 92 valence electrons. The lowest BCUT2D eigenvalue weighted by molar-refractivity contribution is 0.506. The van der Waals surface area contributed by atoms with Crippen molar-refractivity contribution >= 4 is 27.5 Å². The summed E-state index contributed by atoms with van der Waals surface area (Å²) in [7, 11) is -2.98. The molecule has 1 aromatic rings. The zero-order chi connectivity index (χ0) is 12.2. The third kappa shape index (κ3) is 3.97. The molecule has 1 rings (SSSR count). The van der Waals surface area contributed by atoms with Gasteiger partial charge in [0, 0.05) is 12.3 Å². The summed E-state index contributed by atoms with van der Waals surface area (Å²) < 4.78 is 27.5. The van der Waals surface area contributed by atoms with Gasteiger partial charge in [-0.2, -0.15) is 0 Å². The van der Waals surface area contributed by atoms with Gasteiger partial charge in [0.1, 0.15) is 5.38 Å². The maximum absolute atomic E-state index is 11.2. The fraction of sp³-hybridized carbons (Fsp3) is 0.750. The average molecular weight is 268 g/mol. The molecule has 0 aliphatic rings. The maximum atomic E-state index is 11.2.